The van der Waals surface area contributed by atoms with Gasteiger partial charge in [0.25, 0.3) is 0 Å². The fourth-order valence-electron chi connectivity index (χ4n) is 5.61. The first-order chi connectivity index (χ1) is 19.3. The van der Waals surface area contributed by atoms with Gasteiger partial charge in [-0.05, 0) is 77.9 Å². The third-order valence-corrected chi connectivity index (χ3v) is 9.75. The number of hydrogen-bond donors (Lipinski definition) is 0. The summed E-state index contributed by atoms with van der Waals surface area (Å²) in [5, 5.41) is 5.28. The first-order valence-electron chi connectivity index (χ1n) is 13.1. The predicted octanol–water partition coefficient (Wildman–Crippen LogP) is 11.6. The molecule has 0 radical (unpaired) electrons. The average Bonchev–Trinajstić information content (AvgIpc) is 3.56. The predicted molar refractivity (Wildman–Crippen MR) is 172 cm³/mol. The molecule has 8 aromatic rings. The van der Waals surface area contributed by atoms with Crippen LogP contribution in [0.25, 0.3) is 51.5 Å². The van der Waals surface area contributed by atoms with E-state index < -0.39 is 0 Å². The molecule has 0 aliphatic rings. The van der Waals surface area contributed by atoms with Gasteiger partial charge >= 0.3 is 0 Å². The Hall–Kier alpha value is -4.44. The molecule has 8 rings (SSSR count). The minimum atomic E-state index is 1.15. The Morgan fingerprint density at radius 1 is 0.333 bits per heavy atom. The van der Waals surface area contributed by atoms with Crippen LogP contribution >= 0.6 is 22.7 Å². The molecule has 39 heavy (non-hydrogen) atoms. The fourth-order valence-corrected chi connectivity index (χ4v) is 7.78. The van der Waals surface area contributed by atoms with E-state index in [2.05, 4.69) is 144 Å². The second-order valence-electron chi connectivity index (χ2n) is 9.81. The van der Waals surface area contributed by atoms with Crippen LogP contribution in [0.4, 0.5) is 17.1 Å². The third-order valence-electron chi connectivity index (χ3n) is 7.45. The molecule has 0 fully saturated rings. The quantitative estimate of drug-likeness (QED) is 0.217. The lowest BCUT2D eigenvalue weighted by Gasteiger charge is -2.26. The Labute approximate surface area is 234 Å². The molecule has 0 spiro atoms. The normalized spacial score (nSPS) is 11.6. The first-order valence-corrected chi connectivity index (χ1v) is 14.7. The lowest BCUT2D eigenvalue weighted by molar-refractivity contribution is 1.29. The van der Waals surface area contributed by atoms with Crippen LogP contribution in [0.1, 0.15) is 0 Å². The second-order valence-corrected chi connectivity index (χ2v) is 12.0. The molecule has 0 atom stereocenters. The van der Waals surface area contributed by atoms with Crippen molar-refractivity contribution in [1.82, 2.24) is 0 Å². The lowest BCUT2D eigenvalue weighted by Crippen LogP contribution is -2.09. The Bertz CT molecular complexity index is 2140. The van der Waals surface area contributed by atoms with E-state index in [4.69, 9.17) is 0 Å². The van der Waals surface area contributed by atoms with Crippen molar-refractivity contribution in [2.75, 3.05) is 4.90 Å². The number of para-hydroxylation sites is 1. The molecule has 3 heteroatoms. The topological polar surface area (TPSA) is 3.24 Å². The molecule has 0 unspecified atom stereocenters. The van der Waals surface area contributed by atoms with Crippen molar-refractivity contribution in [3.8, 4) is 11.1 Å². The van der Waals surface area contributed by atoms with Crippen LogP contribution in [-0.4, -0.2) is 0 Å². The van der Waals surface area contributed by atoms with Crippen molar-refractivity contribution in [3.05, 3.63) is 140 Å². The van der Waals surface area contributed by atoms with Gasteiger partial charge in [-0.2, -0.15) is 0 Å². The molecular formula is C36H23NS2. The van der Waals surface area contributed by atoms with Gasteiger partial charge in [0, 0.05) is 57.4 Å². The van der Waals surface area contributed by atoms with E-state index in [1.807, 2.05) is 22.7 Å². The van der Waals surface area contributed by atoms with E-state index in [1.54, 1.807) is 0 Å². The monoisotopic (exact) mass is 533 g/mol. The summed E-state index contributed by atoms with van der Waals surface area (Å²) in [4.78, 5) is 2.37. The zero-order chi connectivity index (χ0) is 25.8. The van der Waals surface area contributed by atoms with Crippen LogP contribution in [-0.2, 0) is 0 Å². The molecule has 184 valence electrons. The maximum atomic E-state index is 2.37. The number of anilines is 3. The van der Waals surface area contributed by atoms with E-state index in [0.717, 1.165) is 17.1 Å². The number of benzene rings is 6. The van der Waals surface area contributed by atoms with Crippen LogP contribution in [0.2, 0.25) is 0 Å². The van der Waals surface area contributed by atoms with Gasteiger partial charge < -0.3 is 4.90 Å². The highest BCUT2D eigenvalue weighted by molar-refractivity contribution is 7.26. The maximum absolute atomic E-state index is 2.37. The zero-order valence-electron chi connectivity index (χ0n) is 21.0. The van der Waals surface area contributed by atoms with E-state index in [9.17, 15) is 0 Å². The second kappa shape index (κ2) is 9.09. The molecule has 0 N–H and O–H groups in total. The van der Waals surface area contributed by atoms with Crippen LogP contribution in [0.3, 0.4) is 0 Å². The SMILES string of the molecule is c1ccc(N(c2cccc(-c3ccc4sc5ccccc5c4c3)c2)c2ccc3sc4ccccc4c3c2)cc1. The number of thiophene rings is 2. The lowest BCUT2D eigenvalue weighted by atomic mass is 10.0. The molecule has 2 aromatic heterocycles. The standard InChI is InChI=1S/C36H23NS2/c1-2-10-26(11-3-1)37(28-18-20-36-32(23-28)30-14-5-7-16-34(30)39-36)27-12-8-9-24(21-27)25-17-19-35-31(22-25)29-13-4-6-15-33(29)38-35/h1-23H. The third kappa shape index (κ3) is 3.82. The number of hydrogen-bond acceptors (Lipinski definition) is 3. The summed E-state index contributed by atoms with van der Waals surface area (Å²) < 4.78 is 5.32. The number of nitrogens with zero attached hydrogens (tertiary/aromatic N) is 1. The Balaban J connectivity index is 1.29. The number of fused-ring (bicyclic) bond motifs is 6. The van der Waals surface area contributed by atoms with Gasteiger partial charge in [0.2, 0.25) is 0 Å². The van der Waals surface area contributed by atoms with Crippen molar-refractivity contribution >= 4 is 80.1 Å². The van der Waals surface area contributed by atoms with Crippen molar-refractivity contribution in [2.24, 2.45) is 0 Å². The van der Waals surface area contributed by atoms with E-state index in [-0.39, 0.29) is 0 Å². The van der Waals surface area contributed by atoms with Gasteiger partial charge in [-0.3, -0.25) is 0 Å². The molecule has 0 aliphatic carbocycles. The maximum Gasteiger partial charge on any atom is 0.0468 e. The highest BCUT2D eigenvalue weighted by Crippen LogP contribution is 2.42. The van der Waals surface area contributed by atoms with Gasteiger partial charge in [-0.1, -0.05) is 72.8 Å². The average molecular weight is 534 g/mol. The highest BCUT2D eigenvalue weighted by atomic mass is 32.1. The van der Waals surface area contributed by atoms with Crippen molar-refractivity contribution in [1.29, 1.82) is 0 Å². The molecule has 0 bridgehead atoms. The molecule has 2 heterocycles. The van der Waals surface area contributed by atoms with Gasteiger partial charge in [-0.25, -0.2) is 0 Å². The summed E-state index contributed by atoms with van der Waals surface area (Å²) in [5.41, 5.74) is 5.90. The highest BCUT2D eigenvalue weighted by Gasteiger charge is 2.16. The minimum absolute atomic E-state index is 1.15. The first kappa shape index (κ1) is 22.5. The molecule has 0 amide bonds. The van der Waals surface area contributed by atoms with Crippen molar-refractivity contribution in [2.45, 2.75) is 0 Å². The molecule has 1 nitrogen and oxygen atoms in total. The van der Waals surface area contributed by atoms with Crippen LogP contribution < -0.4 is 4.90 Å². The largest absolute Gasteiger partial charge is 0.310 e. The summed E-state index contributed by atoms with van der Waals surface area (Å²) in [5.74, 6) is 0. The Kier molecular flexibility index (Phi) is 5.25. The smallest absolute Gasteiger partial charge is 0.0468 e. The zero-order valence-corrected chi connectivity index (χ0v) is 22.7. The summed E-state index contributed by atoms with van der Waals surface area (Å²) >= 11 is 3.72. The van der Waals surface area contributed by atoms with Gasteiger partial charge in [0.15, 0.2) is 0 Å². The van der Waals surface area contributed by atoms with E-state index in [0.29, 0.717) is 0 Å². The summed E-state index contributed by atoms with van der Waals surface area (Å²) in [6, 6.07) is 50.7. The van der Waals surface area contributed by atoms with Crippen LogP contribution in [0.15, 0.2) is 140 Å². The van der Waals surface area contributed by atoms with Gasteiger partial charge in [0.1, 0.15) is 0 Å². The Morgan fingerprint density at radius 2 is 0.872 bits per heavy atom. The fraction of sp³-hybridized carbons (Fsp3) is 0. The number of rotatable bonds is 4. The van der Waals surface area contributed by atoms with Crippen LogP contribution in [0.5, 0.6) is 0 Å². The van der Waals surface area contributed by atoms with E-state index >= 15 is 0 Å². The molecule has 0 saturated carbocycles. The van der Waals surface area contributed by atoms with E-state index in [1.165, 1.54) is 51.5 Å². The minimum Gasteiger partial charge on any atom is -0.310 e. The Morgan fingerprint density at radius 3 is 1.62 bits per heavy atom. The molecule has 0 saturated heterocycles. The van der Waals surface area contributed by atoms with Crippen molar-refractivity contribution in [3.63, 3.8) is 0 Å². The van der Waals surface area contributed by atoms with Gasteiger partial charge in [0.05, 0.1) is 0 Å². The van der Waals surface area contributed by atoms with Gasteiger partial charge in [-0.15, -0.1) is 22.7 Å². The molecule has 0 aliphatic heterocycles. The van der Waals surface area contributed by atoms with Crippen molar-refractivity contribution < 1.29 is 0 Å². The summed E-state index contributed by atoms with van der Waals surface area (Å²) in [6.45, 7) is 0. The summed E-state index contributed by atoms with van der Waals surface area (Å²) in [6.07, 6.45) is 0. The van der Waals surface area contributed by atoms with Crippen LogP contribution in [0, 0.1) is 0 Å². The summed E-state index contributed by atoms with van der Waals surface area (Å²) in [7, 11) is 0. The molecule has 6 aromatic carbocycles. The molecular weight excluding hydrogens is 511 g/mol.